The predicted octanol–water partition coefficient (Wildman–Crippen LogP) is 2.11. The third-order valence-corrected chi connectivity index (χ3v) is 5.10. The summed E-state index contributed by atoms with van der Waals surface area (Å²) >= 11 is 0. The topological polar surface area (TPSA) is 101 Å². The van der Waals surface area contributed by atoms with Gasteiger partial charge in [-0.25, -0.2) is 4.68 Å². The van der Waals surface area contributed by atoms with E-state index in [1.54, 1.807) is 6.20 Å². The second-order valence-corrected chi connectivity index (χ2v) is 7.09. The fourth-order valence-electron chi connectivity index (χ4n) is 3.64. The molecule has 2 unspecified atom stereocenters. The monoisotopic (exact) mass is 329 g/mol. The van der Waals surface area contributed by atoms with Crippen LogP contribution in [-0.2, 0) is 11.3 Å². The van der Waals surface area contributed by atoms with E-state index < -0.39 is 0 Å². The first-order chi connectivity index (χ1) is 11.8. The number of anilines is 1. The van der Waals surface area contributed by atoms with E-state index in [0.717, 1.165) is 49.8 Å². The number of nitrogens with zero attached hydrogens (tertiary/aromatic N) is 5. The van der Waals surface area contributed by atoms with Gasteiger partial charge in [-0.15, -0.1) is 10.2 Å². The molecule has 2 N–H and O–H groups in total. The van der Waals surface area contributed by atoms with E-state index in [1.807, 2.05) is 10.7 Å². The molecule has 2 aromatic heterocycles. The maximum absolute atomic E-state index is 12.4. The van der Waals surface area contributed by atoms with Crippen LogP contribution in [0.3, 0.4) is 0 Å². The smallest absolute Gasteiger partial charge is 0.225 e. The number of tetrazole rings is 1. The molecule has 4 rings (SSSR count). The van der Waals surface area contributed by atoms with E-state index in [2.05, 4.69) is 31.0 Å². The molecule has 8 heteroatoms. The summed E-state index contributed by atoms with van der Waals surface area (Å²) in [6.45, 7) is 0.909. The summed E-state index contributed by atoms with van der Waals surface area (Å²) in [5.74, 6) is 3.10. The summed E-state index contributed by atoms with van der Waals surface area (Å²) in [6.07, 6.45) is 9.06. The Labute approximate surface area is 140 Å². The fraction of sp³-hybridized carbons (Fsp3) is 0.688. The van der Waals surface area contributed by atoms with Crippen molar-refractivity contribution in [2.45, 2.75) is 57.4 Å². The first kappa shape index (κ1) is 15.3. The molecule has 2 heterocycles. The Bertz CT molecular complexity index is 676. The molecular weight excluding hydrogens is 306 g/mol. The number of H-pyrrole nitrogens is 1. The predicted molar refractivity (Wildman–Crippen MR) is 87.1 cm³/mol. The second kappa shape index (κ2) is 6.70. The molecule has 1 amide bonds. The number of amides is 1. The minimum absolute atomic E-state index is 0.0753. The van der Waals surface area contributed by atoms with Gasteiger partial charge in [0.1, 0.15) is 5.82 Å². The van der Waals surface area contributed by atoms with Gasteiger partial charge in [0.05, 0.1) is 6.20 Å². The highest BCUT2D eigenvalue weighted by Crippen LogP contribution is 2.36. The molecule has 24 heavy (non-hydrogen) atoms. The van der Waals surface area contributed by atoms with Gasteiger partial charge in [-0.2, -0.15) is 10.3 Å². The minimum atomic E-state index is 0.0753. The van der Waals surface area contributed by atoms with Crippen molar-refractivity contribution in [3.63, 3.8) is 0 Å². The summed E-state index contributed by atoms with van der Waals surface area (Å²) in [6, 6.07) is 1.88. The zero-order valence-corrected chi connectivity index (χ0v) is 13.7. The molecule has 2 fully saturated rings. The van der Waals surface area contributed by atoms with Crippen molar-refractivity contribution in [2.24, 2.45) is 11.8 Å². The van der Waals surface area contributed by atoms with Crippen LogP contribution in [0.1, 0.15) is 56.7 Å². The highest BCUT2D eigenvalue weighted by molar-refractivity contribution is 5.89. The Kier molecular flexibility index (Phi) is 4.27. The van der Waals surface area contributed by atoms with Crippen LogP contribution in [0.5, 0.6) is 0 Å². The number of aromatic amines is 1. The molecule has 128 valence electrons. The molecular formula is C16H23N7O. The van der Waals surface area contributed by atoms with Crippen LogP contribution < -0.4 is 5.32 Å². The largest absolute Gasteiger partial charge is 0.311 e. The summed E-state index contributed by atoms with van der Waals surface area (Å²) in [7, 11) is 0. The Morgan fingerprint density at radius 3 is 3.00 bits per heavy atom. The molecule has 0 spiro atoms. The summed E-state index contributed by atoms with van der Waals surface area (Å²) in [4.78, 5) is 12.4. The molecule has 0 saturated heterocycles. The van der Waals surface area contributed by atoms with Crippen molar-refractivity contribution in [1.82, 2.24) is 30.4 Å². The lowest BCUT2D eigenvalue weighted by Crippen LogP contribution is -2.23. The Morgan fingerprint density at radius 1 is 1.29 bits per heavy atom. The molecule has 0 bridgehead atoms. The van der Waals surface area contributed by atoms with Crippen LogP contribution in [0.15, 0.2) is 12.3 Å². The average Bonchev–Trinajstić information content (AvgIpc) is 3.05. The molecule has 0 radical (unpaired) electrons. The van der Waals surface area contributed by atoms with Crippen LogP contribution in [0.25, 0.3) is 0 Å². The van der Waals surface area contributed by atoms with Crippen LogP contribution in [0, 0.1) is 11.8 Å². The minimum Gasteiger partial charge on any atom is -0.311 e. The Balaban J connectivity index is 1.31. The van der Waals surface area contributed by atoms with E-state index in [0.29, 0.717) is 18.3 Å². The zero-order chi connectivity index (χ0) is 16.4. The van der Waals surface area contributed by atoms with Gasteiger partial charge in [-0.3, -0.25) is 4.79 Å². The lowest BCUT2D eigenvalue weighted by molar-refractivity contribution is -0.117. The lowest BCUT2D eigenvalue weighted by atomic mass is 9.79. The SMILES string of the molecule is O=C(CC1CCCC(c2nn[nH]n2)C1)Nc1ccnn1CC1CC1. The molecule has 2 atom stereocenters. The molecule has 0 aliphatic heterocycles. The standard InChI is InChI=1S/C16H23N7O/c24-15(18-14-6-7-17-23(14)10-11-4-5-11)9-12-2-1-3-13(8-12)16-19-21-22-20-16/h6-7,11-13H,1-5,8-10H2,(H,18,24)(H,19,20,21,22). The van der Waals surface area contributed by atoms with Gasteiger partial charge in [-0.1, -0.05) is 11.6 Å². The number of carbonyl (C=O) groups is 1. The fourth-order valence-corrected chi connectivity index (χ4v) is 3.64. The molecule has 2 aliphatic carbocycles. The highest BCUT2D eigenvalue weighted by atomic mass is 16.1. The van der Waals surface area contributed by atoms with Crippen LogP contribution in [0.4, 0.5) is 5.82 Å². The first-order valence-corrected chi connectivity index (χ1v) is 8.83. The van der Waals surface area contributed by atoms with Gasteiger partial charge >= 0.3 is 0 Å². The number of rotatable bonds is 6. The quantitative estimate of drug-likeness (QED) is 0.845. The first-order valence-electron chi connectivity index (χ1n) is 8.83. The second-order valence-electron chi connectivity index (χ2n) is 7.09. The molecule has 0 aromatic carbocycles. The summed E-state index contributed by atoms with van der Waals surface area (Å²) < 4.78 is 1.92. The summed E-state index contributed by atoms with van der Waals surface area (Å²) in [5.41, 5.74) is 0. The van der Waals surface area contributed by atoms with Gasteiger partial charge in [0.2, 0.25) is 5.91 Å². The van der Waals surface area contributed by atoms with Gasteiger partial charge in [0.25, 0.3) is 0 Å². The number of carbonyl (C=O) groups excluding carboxylic acids is 1. The highest BCUT2D eigenvalue weighted by Gasteiger charge is 2.28. The number of hydrogen-bond acceptors (Lipinski definition) is 5. The van der Waals surface area contributed by atoms with Gasteiger partial charge < -0.3 is 5.32 Å². The molecule has 8 nitrogen and oxygen atoms in total. The van der Waals surface area contributed by atoms with Crippen molar-refractivity contribution in [3.8, 4) is 0 Å². The average molecular weight is 329 g/mol. The van der Waals surface area contributed by atoms with E-state index in [1.165, 1.54) is 12.8 Å². The van der Waals surface area contributed by atoms with E-state index in [9.17, 15) is 4.79 Å². The molecule has 2 aliphatic rings. The maximum Gasteiger partial charge on any atom is 0.225 e. The van der Waals surface area contributed by atoms with Gasteiger partial charge in [0, 0.05) is 24.9 Å². The lowest BCUT2D eigenvalue weighted by Gasteiger charge is -2.26. The normalized spacial score (nSPS) is 24.0. The molecule has 2 saturated carbocycles. The van der Waals surface area contributed by atoms with E-state index in [4.69, 9.17) is 0 Å². The van der Waals surface area contributed by atoms with E-state index >= 15 is 0 Å². The molecule has 2 aromatic rings. The number of hydrogen-bond donors (Lipinski definition) is 2. The number of aromatic nitrogens is 6. The van der Waals surface area contributed by atoms with Crippen LogP contribution in [0.2, 0.25) is 0 Å². The van der Waals surface area contributed by atoms with Crippen molar-refractivity contribution in [2.75, 3.05) is 5.32 Å². The van der Waals surface area contributed by atoms with Gasteiger partial charge in [-0.05, 0) is 43.9 Å². The third kappa shape index (κ3) is 3.63. The van der Waals surface area contributed by atoms with Crippen LogP contribution in [-0.4, -0.2) is 36.3 Å². The number of nitrogens with one attached hydrogen (secondary N) is 2. The Morgan fingerprint density at radius 2 is 2.21 bits per heavy atom. The van der Waals surface area contributed by atoms with Crippen molar-refractivity contribution < 1.29 is 4.79 Å². The third-order valence-electron chi connectivity index (χ3n) is 5.10. The Hall–Kier alpha value is -2.25. The van der Waals surface area contributed by atoms with Crippen molar-refractivity contribution >= 4 is 11.7 Å². The maximum atomic E-state index is 12.4. The van der Waals surface area contributed by atoms with E-state index in [-0.39, 0.29) is 5.91 Å². The van der Waals surface area contributed by atoms with Crippen LogP contribution >= 0.6 is 0 Å². The zero-order valence-electron chi connectivity index (χ0n) is 13.7. The van der Waals surface area contributed by atoms with Crippen molar-refractivity contribution in [1.29, 1.82) is 0 Å². The summed E-state index contributed by atoms with van der Waals surface area (Å²) in [5, 5.41) is 21.7. The van der Waals surface area contributed by atoms with Gasteiger partial charge in [0.15, 0.2) is 5.82 Å². The van der Waals surface area contributed by atoms with Crippen molar-refractivity contribution in [3.05, 3.63) is 18.1 Å².